The Morgan fingerprint density at radius 2 is 1.71 bits per heavy atom. The number of carbonyl (C=O) groups is 1. The molecule has 1 saturated heterocycles. The lowest BCUT2D eigenvalue weighted by Crippen LogP contribution is -2.54. The number of rotatable bonds is 4. The minimum absolute atomic E-state index is 0.195. The first-order chi connectivity index (χ1) is 9.81. The molecule has 1 atom stereocenters. The molecule has 1 fully saturated rings. The largest absolute Gasteiger partial charge is 0.481 e. The van der Waals surface area contributed by atoms with Crippen LogP contribution >= 0.6 is 0 Å². The Labute approximate surface area is 123 Å². The molecular formula is C15H20F2N2O2. The van der Waals surface area contributed by atoms with Gasteiger partial charge in [-0.25, -0.2) is 8.78 Å². The summed E-state index contributed by atoms with van der Waals surface area (Å²) >= 11 is 0. The number of carboxylic acid groups (broad SMARTS) is 1. The van der Waals surface area contributed by atoms with Crippen LogP contribution in [0.15, 0.2) is 18.2 Å². The van der Waals surface area contributed by atoms with Gasteiger partial charge in [0.1, 0.15) is 11.6 Å². The molecule has 1 aromatic rings. The van der Waals surface area contributed by atoms with Crippen molar-refractivity contribution in [1.29, 1.82) is 0 Å². The number of aliphatic carboxylic acids is 1. The van der Waals surface area contributed by atoms with E-state index >= 15 is 0 Å². The van der Waals surface area contributed by atoms with Crippen LogP contribution in [0, 0.1) is 11.6 Å². The molecule has 0 radical (unpaired) electrons. The average molecular weight is 298 g/mol. The Morgan fingerprint density at radius 1 is 1.19 bits per heavy atom. The molecule has 116 valence electrons. The molecule has 1 heterocycles. The summed E-state index contributed by atoms with van der Waals surface area (Å²) < 4.78 is 27.0. The van der Waals surface area contributed by atoms with Crippen LogP contribution in [0.25, 0.3) is 0 Å². The van der Waals surface area contributed by atoms with E-state index in [4.69, 9.17) is 0 Å². The van der Waals surface area contributed by atoms with Gasteiger partial charge >= 0.3 is 5.97 Å². The van der Waals surface area contributed by atoms with Crippen molar-refractivity contribution >= 4 is 5.97 Å². The zero-order valence-electron chi connectivity index (χ0n) is 12.3. The summed E-state index contributed by atoms with van der Waals surface area (Å²) in [5, 5.41) is 9.21. The summed E-state index contributed by atoms with van der Waals surface area (Å²) in [6, 6.07) is 3.25. The highest BCUT2D eigenvalue weighted by molar-refractivity contribution is 5.69. The second-order valence-electron chi connectivity index (χ2n) is 5.79. The highest BCUT2D eigenvalue weighted by Gasteiger charge is 2.38. The Balaban J connectivity index is 2.38. The van der Waals surface area contributed by atoms with E-state index in [9.17, 15) is 18.7 Å². The van der Waals surface area contributed by atoms with Gasteiger partial charge in [-0.05, 0) is 31.7 Å². The third kappa shape index (κ3) is 3.57. The van der Waals surface area contributed by atoms with Gasteiger partial charge in [0.25, 0.3) is 0 Å². The van der Waals surface area contributed by atoms with Gasteiger partial charge in [-0.2, -0.15) is 0 Å². The van der Waals surface area contributed by atoms with Crippen molar-refractivity contribution in [3.8, 4) is 0 Å². The lowest BCUT2D eigenvalue weighted by Gasteiger charge is -2.45. The normalized spacial score (nSPS) is 20.2. The molecule has 0 aromatic heterocycles. The van der Waals surface area contributed by atoms with Gasteiger partial charge in [-0.1, -0.05) is 0 Å². The number of hydrogen-bond acceptors (Lipinski definition) is 3. The van der Waals surface area contributed by atoms with E-state index in [-0.39, 0.29) is 6.42 Å². The van der Waals surface area contributed by atoms with E-state index in [0.29, 0.717) is 18.7 Å². The molecule has 1 unspecified atom stereocenters. The smallest absolute Gasteiger partial charge is 0.305 e. The van der Waals surface area contributed by atoms with E-state index in [1.807, 2.05) is 11.9 Å². The van der Waals surface area contributed by atoms with E-state index in [1.165, 1.54) is 12.1 Å². The van der Waals surface area contributed by atoms with Crippen molar-refractivity contribution in [3.05, 3.63) is 35.4 Å². The van der Waals surface area contributed by atoms with Crippen molar-refractivity contribution in [2.24, 2.45) is 0 Å². The van der Waals surface area contributed by atoms with E-state index < -0.39 is 23.1 Å². The topological polar surface area (TPSA) is 43.8 Å². The summed E-state index contributed by atoms with van der Waals surface area (Å²) in [4.78, 5) is 15.4. The SMILES string of the molecule is CN1CCN(C(C)(CC(=O)O)c2cc(F)cc(F)c2)CC1. The maximum atomic E-state index is 13.5. The maximum Gasteiger partial charge on any atom is 0.305 e. The fraction of sp³-hybridized carbons (Fsp3) is 0.533. The maximum absolute atomic E-state index is 13.5. The molecular weight excluding hydrogens is 278 g/mol. The fourth-order valence-electron chi connectivity index (χ4n) is 2.86. The molecule has 4 nitrogen and oxygen atoms in total. The monoisotopic (exact) mass is 298 g/mol. The van der Waals surface area contributed by atoms with Crippen LogP contribution in [0.4, 0.5) is 8.78 Å². The molecule has 0 amide bonds. The molecule has 0 bridgehead atoms. The van der Waals surface area contributed by atoms with Crippen molar-refractivity contribution in [2.45, 2.75) is 18.9 Å². The average Bonchev–Trinajstić information content (AvgIpc) is 2.37. The number of nitrogens with zero attached hydrogens (tertiary/aromatic N) is 2. The van der Waals surface area contributed by atoms with Gasteiger partial charge in [-0.15, -0.1) is 0 Å². The minimum atomic E-state index is -0.985. The molecule has 21 heavy (non-hydrogen) atoms. The summed E-state index contributed by atoms with van der Waals surface area (Å²) in [5.74, 6) is -2.35. The molecule has 6 heteroatoms. The molecule has 0 saturated carbocycles. The van der Waals surface area contributed by atoms with Crippen molar-refractivity contribution in [3.63, 3.8) is 0 Å². The van der Waals surface area contributed by atoms with Crippen LogP contribution in [-0.2, 0) is 10.3 Å². The van der Waals surface area contributed by atoms with Crippen LogP contribution in [0.1, 0.15) is 18.9 Å². The lowest BCUT2D eigenvalue weighted by molar-refractivity contribution is -0.140. The molecule has 2 rings (SSSR count). The van der Waals surface area contributed by atoms with E-state index in [1.54, 1.807) is 6.92 Å². The number of hydrogen-bond donors (Lipinski definition) is 1. The van der Waals surface area contributed by atoms with Crippen molar-refractivity contribution in [1.82, 2.24) is 9.80 Å². The van der Waals surface area contributed by atoms with Crippen LogP contribution in [0.2, 0.25) is 0 Å². The highest BCUT2D eigenvalue weighted by atomic mass is 19.1. The number of likely N-dealkylation sites (N-methyl/N-ethyl adjacent to an activating group) is 1. The predicted octanol–water partition coefficient (Wildman–Crippen LogP) is 1.90. The Hall–Kier alpha value is -1.53. The van der Waals surface area contributed by atoms with Crippen molar-refractivity contribution < 1.29 is 18.7 Å². The molecule has 1 aromatic carbocycles. The van der Waals surface area contributed by atoms with Gasteiger partial charge < -0.3 is 10.0 Å². The Morgan fingerprint density at radius 3 is 2.19 bits per heavy atom. The number of benzene rings is 1. The van der Waals surface area contributed by atoms with Crippen LogP contribution in [0.3, 0.4) is 0 Å². The first-order valence-electron chi connectivity index (χ1n) is 6.93. The van der Waals surface area contributed by atoms with E-state index in [0.717, 1.165) is 19.2 Å². The quantitative estimate of drug-likeness (QED) is 0.922. The molecule has 1 N–H and O–H groups in total. The highest BCUT2D eigenvalue weighted by Crippen LogP contribution is 2.33. The summed E-state index contributed by atoms with van der Waals surface area (Å²) in [6.45, 7) is 4.66. The summed E-state index contributed by atoms with van der Waals surface area (Å²) in [6.07, 6.45) is -0.195. The van der Waals surface area contributed by atoms with Crippen LogP contribution < -0.4 is 0 Å². The standard InChI is InChI=1S/C15H20F2N2O2/c1-15(10-14(20)21,19-5-3-18(2)4-6-19)11-7-12(16)9-13(17)8-11/h7-9H,3-6,10H2,1-2H3,(H,20,21). The third-order valence-corrected chi connectivity index (χ3v) is 4.18. The van der Waals surface area contributed by atoms with Gasteiger partial charge in [0, 0.05) is 32.2 Å². The van der Waals surface area contributed by atoms with Crippen molar-refractivity contribution in [2.75, 3.05) is 33.2 Å². The molecule has 0 aliphatic carbocycles. The first-order valence-corrected chi connectivity index (χ1v) is 6.93. The van der Waals surface area contributed by atoms with Gasteiger partial charge in [0.15, 0.2) is 0 Å². The zero-order valence-corrected chi connectivity index (χ0v) is 12.3. The molecule has 0 spiro atoms. The Kier molecular flexibility index (Phi) is 4.58. The third-order valence-electron chi connectivity index (χ3n) is 4.18. The number of carboxylic acids is 1. The van der Waals surface area contributed by atoms with Gasteiger partial charge in [0.05, 0.1) is 12.0 Å². The second-order valence-corrected chi connectivity index (χ2v) is 5.79. The van der Waals surface area contributed by atoms with Crippen LogP contribution in [0.5, 0.6) is 0 Å². The predicted molar refractivity (Wildman–Crippen MR) is 75.0 cm³/mol. The Bertz CT molecular complexity index is 510. The summed E-state index contributed by atoms with van der Waals surface area (Å²) in [5.41, 5.74) is -0.553. The second kappa shape index (κ2) is 6.07. The van der Waals surface area contributed by atoms with Gasteiger partial charge in [-0.3, -0.25) is 9.69 Å². The molecule has 1 aliphatic heterocycles. The van der Waals surface area contributed by atoms with Gasteiger partial charge in [0.2, 0.25) is 0 Å². The summed E-state index contributed by atoms with van der Waals surface area (Å²) in [7, 11) is 1.99. The number of piperazine rings is 1. The minimum Gasteiger partial charge on any atom is -0.481 e. The van der Waals surface area contributed by atoms with Crippen LogP contribution in [-0.4, -0.2) is 54.1 Å². The van der Waals surface area contributed by atoms with E-state index in [2.05, 4.69) is 4.90 Å². The first kappa shape index (κ1) is 15.9. The lowest BCUT2D eigenvalue weighted by atomic mass is 9.86. The zero-order chi connectivity index (χ0) is 15.6. The fourth-order valence-corrected chi connectivity index (χ4v) is 2.86. The number of halogens is 2. The molecule has 1 aliphatic rings.